The molecule has 2 N–H and O–H groups in total. The van der Waals surface area contributed by atoms with Gasteiger partial charge in [0.2, 0.25) is 0 Å². The van der Waals surface area contributed by atoms with Gasteiger partial charge in [-0.15, -0.1) is 0 Å². The van der Waals surface area contributed by atoms with Crippen molar-refractivity contribution in [3.05, 3.63) is 28.2 Å². The van der Waals surface area contributed by atoms with E-state index in [0.717, 1.165) is 23.2 Å². The highest BCUT2D eigenvalue weighted by Gasteiger charge is 2.26. The highest BCUT2D eigenvalue weighted by Crippen LogP contribution is 2.27. The standard InChI is InChI=1S/C12H14BrN3/c1-8-6-16(7-12(8)15)10-3-2-9(5-14)11(13)4-10/h2-4,8,12H,6-7,15H2,1H3. The van der Waals surface area contributed by atoms with Gasteiger partial charge in [0.15, 0.2) is 0 Å². The van der Waals surface area contributed by atoms with Crippen molar-refractivity contribution in [2.24, 2.45) is 11.7 Å². The van der Waals surface area contributed by atoms with Crippen molar-refractivity contribution >= 4 is 21.6 Å². The summed E-state index contributed by atoms with van der Waals surface area (Å²) in [4.78, 5) is 2.27. The van der Waals surface area contributed by atoms with E-state index in [1.165, 1.54) is 0 Å². The quantitative estimate of drug-likeness (QED) is 0.857. The van der Waals surface area contributed by atoms with Crippen LogP contribution in [0, 0.1) is 17.2 Å². The lowest BCUT2D eigenvalue weighted by Crippen LogP contribution is -2.28. The first kappa shape index (κ1) is 11.4. The third-order valence-electron chi connectivity index (χ3n) is 3.11. The van der Waals surface area contributed by atoms with Gasteiger partial charge in [-0.25, -0.2) is 0 Å². The smallest absolute Gasteiger partial charge is 0.100 e. The third-order valence-corrected chi connectivity index (χ3v) is 3.76. The molecule has 2 atom stereocenters. The Morgan fingerprint density at radius 3 is 2.75 bits per heavy atom. The number of halogens is 1. The predicted octanol–water partition coefficient (Wildman–Crippen LogP) is 2.10. The largest absolute Gasteiger partial charge is 0.370 e. The van der Waals surface area contributed by atoms with Crippen LogP contribution < -0.4 is 10.6 Å². The zero-order valence-corrected chi connectivity index (χ0v) is 10.7. The molecule has 0 radical (unpaired) electrons. The van der Waals surface area contributed by atoms with E-state index in [1.807, 2.05) is 18.2 Å². The van der Waals surface area contributed by atoms with E-state index in [2.05, 4.69) is 33.8 Å². The highest BCUT2D eigenvalue weighted by molar-refractivity contribution is 9.10. The van der Waals surface area contributed by atoms with Gasteiger partial charge in [-0.1, -0.05) is 6.92 Å². The molecular formula is C12H14BrN3. The van der Waals surface area contributed by atoms with Crippen LogP contribution in [0.1, 0.15) is 12.5 Å². The zero-order chi connectivity index (χ0) is 11.7. The van der Waals surface area contributed by atoms with E-state index < -0.39 is 0 Å². The Morgan fingerprint density at radius 2 is 2.25 bits per heavy atom. The molecule has 1 saturated heterocycles. The van der Waals surface area contributed by atoms with Crippen LogP contribution in [-0.2, 0) is 0 Å². The van der Waals surface area contributed by atoms with Crippen molar-refractivity contribution < 1.29 is 0 Å². The topological polar surface area (TPSA) is 53.0 Å². The van der Waals surface area contributed by atoms with Gasteiger partial charge in [-0.05, 0) is 40.0 Å². The van der Waals surface area contributed by atoms with Crippen LogP contribution in [0.2, 0.25) is 0 Å². The number of hydrogen-bond donors (Lipinski definition) is 1. The normalized spacial score (nSPS) is 24.5. The molecule has 1 heterocycles. The molecule has 1 aromatic rings. The lowest BCUT2D eigenvalue weighted by atomic mass is 10.1. The van der Waals surface area contributed by atoms with Gasteiger partial charge in [-0.3, -0.25) is 0 Å². The molecule has 2 rings (SSSR count). The second kappa shape index (κ2) is 4.44. The Kier molecular flexibility index (Phi) is 3.17. The maximum absolute atomic E-state index is 8.85. The number of anilines is 1. The second-order valence-corrected chi connectivity index (χ2v) is 5.18. The summed E-state index contributed by atoms with van der Waals surface area (Å²) in [6, 6.07) is 8.20. The van der Waals surface area contributed by atoms with Crippen LogP contribution in [0.4, 0.5) is 5.69 Å². The lowest BCUT2D eigenvalue weighted by molar-refractivity contribution is 0.566. The Bertz CT molecular complexity index is 428. The van der Waals surface area contributed by atoms with Gasteiger partial charge >= 0.3 is 0 Å². The number of nitriles is 1. The van der Waals surface area contributed by atoms with Crippen LogP contribution in [0.25, 0.3) is 0 Å². The highest BCUT2D eigenvalue weighted by atomic mass is 79.9. The Morgan fingerprint density at radius 1 is 1.50 bits per heavy atom. The predicted molar refractivity (Wildman–Crippen MR) is 68.2 cm³/mol. The summed E-state index contributed by atoms with van der Waals surface area (Å²) in [6.45, 7) is 4.04. The van der Waals surface area contributed by atoms with E-state index >= 15 is 0 Å². The zero-order valence-electron chi connectivity index (χ0n) is 9.15. The van der Waals surface area contributed by atoms with Crippen LogP contribution in [-0.4, -0.2) is 19.1 Å². The molecule has 1 aliphatic heterocycles. The fourth-order valence-corrected chi connectivity index (χ4v) is 2.45. The van der Waals surface area contributed by atoms with Crippen LogP contribution >= 0.6 is 15.9 Å². The Labute approximate surface area is 104 Å². The summed E-state index contributed by atoms with van der Waals surface area (Å²) in [7, 11) is 0. The van der Waals surface area contributed by atoms with Gasteiger partial charge in [-0.2, -0.15) is 5.26 Å². The SMILES string of the molecule is CC1CN(c2ccc(C#N)c(Br)c2)CC1N. The van der Waals surface area contributed by atoms with Gasteiger partial charge in [0.05, 0.1) is 5.56 Å². The van der Waals surface area contributed by atoms with Gasteiger partial charge < -0.3 is 10.6 Å². The summed E-state index contributed by atoms with van der Waals surface area (Å²) in [5, 5.41) is 8.85. The van der Waals surface area contributed by atoms with E-state index in [9.17, 15) is 0 Å². The molecule has 16 heavy (non-hydrogen) atoms. The molecule has 3 nitrogen and oxygen atoms in total. The van der Waals surface area contributed by atoms with Gasteiger partial charge in [0.1, 0.15) is 6.07 Å². The van der Waals surface area contributed by atoms with E-state index in [1.54, 1.807) is 0 Å². The molecule has 0 spiro atoms. The third kappa shape index (κ3) is 2.06. The summed E-state index contributed by atoms with van der Waals surface area (Å²) in [5.41, 5.74) is 7.79. The monoisotopic (exact) mass is 279 g/mol. The van der Waals surface area contributed by atoms with Gasteiger partial charge in [0, 0.05) is 29.3 Å². The Hall–Kier alpha value is -1.05. The fourth-order valence-electron chi connectivity index (χ4n) is 1.99. The minimum atomic E-state index is 0.245. The summed E-state index contributed by atoms with van der Waals surface area (Å²) in [6.07, 6.45) is 0. The average molecular weight is 280 g/mol. The van der Waals surface area contributed by atoms with E-state index in [-0.39, 0.29) is 6.04 Å². The van der Waals surface area contributed by atoms with Crippen LogP contribution in [0.3, 0.4) is 0 Å². The van der Waals surface area contributed by atoms with E-state index in [0.29, 0.717) is 11.5 Å². The molecule has 0 aliphatic carbocycles. The average Bonchev–Trinajstić information content (AvgIpc) is 2.59. The number of nitrogens with zero attached hydrogens (tertiary/aromatic N) is 2. The van der Waals surface area contributed by atoms with Crippen LogP contribution in [0.15, 0.2) is 22.7 Å². The van der Waals surface area contributed by atoms with Crippen molar-refractivity contribution in [2.75, 3.05) is 18.0 Å². The van der Waals surface area contributed by atoms with Crippen molar-refractivity contribution in [3.8, 4) is 6.07 Å². The first-order chi connectivity index (χ1) is 7.61. The number of nitrogens with two attached hydrogens (primary N) is 1. The molecule has 1 fully saturated rings. The molecule has 0 aromatic heterocycles. The van der Waals surface area contributed by atoms with Crippen molar-refractivity contribution in [3.63, 3.8) is 0 Å². The number of benzene rings is 1. The second-order valence-electron chi connectivity index (χ2n) is 4.32. The molecular weight excluding hydrogens is 266 g/mol. The van der Waals surface area contributed by atoms with Crippen molar-refractivity contribution in [2.45, 2.75) is 13.0 Å². The molecule has 0 bridgehead atoms. The summed E-state index contributed by atoms with van der Waals surface area (Å²) < 4.78 is 0.848. The molecule has 0 amide bonds. The molecule has 4 heteroatoms. The first-order valence-corrected chi connectivity index (χ1v) is 6.11. The molecule has 0 saturated carbocycles. The molecule has 1 aliphatic rings. The van der Waals surface area contributed by atoms with Gasteiger partial charge in [0.25, 0.3) is 0 Å². The first-order valence-electron chi connectivity index (χ1n) is 5.32. The van der Waals surface area contributed by atoms with Crippen molar-refractivity contribution in [1.82, 2.24) is 0 Å². The molecule has 84 valence electrons. The molecule has 1 aromatic carbocycles. The number of rotatable bonds is 1. The minimum Gasteiger partial charge on any atom is -0.370 e. The van der Waals surface area contributed by atoms with Crippen molar-refractivity contribution in [1.29, 1.82) is 5.26 Å². The van der Waals surface area contributed by atoms with E-state index in [4.69, 9.17) is 11.0 Å². The maximum atomic E-state index is 8.85. The fraction of sp³-hybridized carbons (Fsp3) is 0.417. The summed E-state index contributed by atoms with van der Waals surface area (Å²) >= 11 is 3.40. The lowest BCUT2D eigenvalue weighted by Gasteiger charge is -2.18. The number of hydrogen-bond acceptors (Lipinski definition) is 3. The van der Waals surface area contributed by atoms with Crippen LogP contribution in [0.5, 0.6) is 0 Å². The maximum Gasteiger partial charge on any atom is 0.100 e. The summed E-state index contributed by atoms with van der Waals surface area (Å²) in [5.74, 6) is 0.523. The Balaban J connectivity index is 2.23. The minimum absolute atomic E-state index is 0.245. The molecule has 2 unspecified atom stereocenters.